The number of aromatic nitrogens is 2. The molecule has 0 saturated heterocycles. The average Bonchev–Trinajstić information content (AvgIpc) is 2.67. The average molecular weight is 283 g/mol. The Bertz CT molecular complexity index is 543. The summed E-state index contributed by atoms with van der Waals surface area (Å²) in [6.07, 6.45) is -0.0395. The van der Waals surface area contributed by atoms with Crippen LogP contribution in [-0.4, -0.2) is 34.9 Å². The predicted octanol–water partition coefficient (Wildman–Crippen LogP) is 1.03. The van der Waals surface area contributed by atoms with Crippen LogP contribution in [0, 0.1) is 5.92 Å². The fraction of sp³-hybridized carbons (Fsp3) is 0.364. The number of hydrogen-bond acceptors (Lipinski definition) is 6. The highest BCUT2D eigenvalue weighted by molar-refractivity contribution is 6.29. The molecule has 1 amide bonds. The van der Waals surface area contributed by atoms with Gasteiger partial charge in [0.1, 0.15) is 0 Å². The SMILES string of the molecule is COC(=O)CC1C(=O)N(c2ccc(Cl)nn2)N=C1C. The minimum atomic E-state index is -0.620. The van der Waals surface area contributed by atoms with Gasteiger partial charge in [0.15, 0.2) is 11.0 Å². The smallest absolute Gasteiger partial charge is 0.306 e. The minimum Gasteiger partial charge on any atom is -0.469 e. The molecule has 1 atom stereocenters. The van der Waals surface area contributed by atoms with Gasteiger partial charge in [-0.15, -0.1) is 10.2 Å². The van der Waals surface area contributed by atoms with Crippen molar-refractivity contribution in [1.82, 2.24) is 10.2 Å². The molecule has 1 aliphatic rings. The first kappa shape index (κ1) is 13.4. The molecule has 0 aliphatic carbocycles. The van der Waals surface area contributed by atoms with E-state index in [4.69, 9.17) is 11.6 Å². The van der Waals surface area contributed by atoms with Gasteiger partial charge in [0, 0.05) is 5.71 Å². The van der Waals surface area contributed by atoms with Gasteiger partial charge in [-0.1, -0.05) is 11.6 Å². The molecule has 0 bridgehead atoms. The number of anilines is 1. The van der Waals surface area contributed by atoms with Crippen LogP contribution in [0.4, 0.5) is 5.82 Å². The summed E-state index contributed by atoms with van der Waals surface area (Å²) >= 11 is 5.63. The van der Waals surface area contributed by atoms with Crippen LogP contribution in [0.2, 0.25) is 5.15 Å². The molecule has 0 saturated carbocycles. The molecule has 100 valence electrons. The molecule has 0 aromatic carbocycles. The quantitative estimate of drug-likeness (QED) is 0.773. The largest absolute Gasteiger partial charge is 0.469 e. The van der Waals surface area contributed by atoms with Crippen LogP contribution in [0.15, 0.2) is 17.2 Å². The number of hydrogen-bond donors (Lipinski definition) is 0. The Morgan fingerprint density at radius 1 is 1.47 bits per heavy atom. The van der Waals surface area contributed by atoms with Gasteiger partial charge < -0.3 is 4.74 Å². The summed E-state index contributed by atoms with van der Waals surface area (Å²) < 4.78 is 4.56. The molecule has 0 spiro atoms. The number of esters is 1. The minimum absolute atomic E-state index is 0.0395. The highest BCUT2D eigenvalue weighted by Gasteiger charge is 2.36. The van der Waals surface area contributed by atoms with Crippen molar-refractivity contribution < 1.29 is 14.3 Å². The van der Waals surface area contributed by atoms with E-state index in [0.717, 1.165) is 5.01 Å². The summed E-state index contributed by atoms with van der Waals surface area (Å²) in [6, 6.07) is 3.04. The van der Waals surface area contributed by atoms with Crippen molar-refractivity contribution in [1.29, 1.82) is 0 Å². The van der Waals surface area contributed by atoms with E-state index < -0.39 is 11.9 Å². The number of amides is 1. The number of methoxy groups -OCH3 is 1. The maximum atomic E-state index is 12.2. The summed E-state index contributed by atoms with van der Waals surface area (Å²) in [5.41, 5.74) is 0.534. The maximum absolute atomic E-state index is 12.2. The molecule has 1 unspecified atom stereocenters. The Morgan fingerprint density at radius 3 is 2.79 bits per heavy atom. The second-order valence-electron chi connectivity index (χ2n) is 3.94. The Morgan fingerprint density at radius 2 is 2.21 bits per heavy atom. The lowest BCUT2D eigenvalue weighted by atomic mass is 10.0. The van der Waals surface area contributed by atoms with E-state index in [2.05, 4.69) is 20.0 Å². The summed E-state index contributed by atoms with van der Waals surface area (Å²) in [7, 11) is 1.27. The Balaban J connectivity index is 2.20. The normalized spacial score (nSPS) is 18.5. The van der Waals surface area contributed by atoms with Crippen molar-refractivity contribution in [3.63, 3.8) is 0 Å². The van der Waals surface area contributed by atoms with Crippen molar-refractivity contribution in [2.75, 3.05) is 12.1 Å². The third kappa shape index (κ3) is 2.70. The second-order valence-corrected chi connectivity index (χ2v) is 4.33. The topological polar surface area (TPSA) is 84.8 Å². The zero-order valence-corrected chi connectivity index (χ0v) is 11.1. The monoisotopic (exact) mass is 282 g/mol. The molecule has 0 radical (unpaired) electrons. The van der Waals surface area contributed by atoms with Crippen molar-refractivity contribution in [2.45, 2.75) is 13.3 Å². The Labute approximate surface area is 114 Å². The number of hydrazone groups is 1. The number of ether oxygens (including phenoxy) is 1. The van der Waals surface area contributed by atoms with Gasteiger partial charge in [-0.2, -0.15) is 10.1 Å². The van der Waals surface area contributed by atoms with Crippen LogP contribution in [0.5, 0.6) is 0 Å². The van der Waals surface area contributed by atoms with Crippen molar-refractivity contribution in [3.8, 4) is 0 Å². The molecule has 2 rings (SSSR count). The van der Waals surface area contributed by atoms with Crippen LogP contribution in [-0.2, 0) is 14.3 Å². The fourth-order valence-electron chi connectivity index (χ4n) is 1.67. The van der Waals surface area contributed by atoms with Crippen LogP contribution in [0.1, 0.15) is 13.3 Å². The van der Waals surface area contributed by atoms with Gasteiger partial charge in [0.2, 0.25) is 0 Å². The maximum Gasteiger partial charge on any atom is 0.306 e. The van der Waals surface area contributed by atoms with Crippen molar-refractivity contribution in [2.24, 2.45) is 11.0 Å². The number of rotatable bonds is 3. The van der Waals surface area contributed by atoms with E-state index in [1.54, 1.807) is 6.92 Å². The van der Waals surface area contributed by atoms with E-state index >= 15 is 0 Å². The van der Waals surface area contributed by atoms with Gasteiger partial charge in [0.05, 0.1) is 19.4 Å². The van der Waals surface area contributed by atoms with E-state index in [-0.39, 0.29) is 23.3 Å². The third-order valence-electron chi connectivity index (χ3n) is 2.70. The Kier molecular flexibility index (Phi) is 3.75. The number of carbonyl (C=O) groups excluding carboxylic acids is 2. The first-order chi connectivity index (χ1) is 9.02. The zero-order valence-electron chi connectivity index (χ0n) is 10.3. The summed E-state index contributed by atoms with van der Waals surface area (Å²) in [6.45, 7) is 1.68. The van der Waals surface area contributed by atoms with Crippen molar-refractivity contribution >= 4 is 35.0 Å². The number of halogens is 1. The van der Waals surface area contributed by atoms with Crippen LogP contribution in [0.3, 0.4) is 0 Å². The van der Waals surface area contributed by atoms with E-state index in [1.165, 1.54) is 19.2 Å². The van der Waals surface area contributed by atoms with Gasteiger partial charge in [-0.3, -0.25) is 9.59 Å². The van der Waals surface area contributed by atoms with E-state index in [0.29, 0.717) is 5.71 Å². The van der Waals surface area contributed by atoms with Crippen molar-refractivity contribution in [3.05, 3.63) is 17.3 Å². The molecule has 19 heavy (non-hydrogen) atoms. The zero-order chi connectivity index (χ0) is 14.0. The van der Waals surface area contributed by atoms with E-state index in [1.807, 2.05) is 0 Å². The number of carbonyl (C=O) groups is 2. The van der Waals surface area contributed by atoms with Crippen LogP contribution < -0.4 is 5.01 Å². The lowest BCUT2D eigenvalue weighted by Gasteiger charge is -2.11. The van der Waals surface area contributed by atoms with Crippen LogP contribution >= 0.6 is 11.6 Å². The first-order valence-corrected chi connectivity index (χ1v) is 5.86. The molecule has 1 aromatic rings. The lowest BCUT2D eigenvalue weighted by Crippen LogP contribution is -2.29. The molecule has 7 nitrogen and oxygen atoms in total. The summed E-state index contributed by atoms with van der Waals surface area (Å²) in [5.74, 6) is -1.15. The molecule has 2 heterocycles. The van der Waals surface area contributed by atoms with Gasteiger partial charge in [-0.05, 0) is 19.1 Å². The second kappa shape index (κ2) is 5.31. The van der Waals surface area contributed by atoms with Gasteiger partial charge in [-0.25, -0.2) is 0 Å². The highest BCUT2D eigenvalue weighted by atomic mass is 35.5. The Hall–Kier alpha value is -2.02. The molecular weight excluding hydrogens is 272 g/mol. The third-order valence-corrected chi connectivity index (χ3v) is 2.90. The molecule has 1 aromatic heterocycles. The lowest BCUT2D eigenvalue weighted by molar-refractivity contribution is -0.142. The standard InChI is InChI=1S/C11H11ClN4O3/c1-6-7(5-10(17)19-2)11(18)16(15-6)9-4-3-8(12)13-14-9/h3-4,7H,5H2,1-2H3. The molecule has 0 N–H and O–H groups in total. The fourth-order valence-corrected chi connectivity index (χ4v) is 1.77. The summed E-state index contributed by atoms with van der Waals surface area (Å²) in [5, 5.41) is 12.9. The molecule has 1 aliphatic heterocycles. The van der Waals surface area contributed by atoms with E-state index in [9.17, 15) is 9.59 Å². The molecule has 8 heteroatoms. The molecular formula is C11H11ClN4O3. The predicted molar refractivity (Wildman–Crippen MR) is 67.8 cm³/mol. The highest BCUT2D eigenvalue weighted by Crippen LogP contribution is 2.24. The van der Waals surface area contributed by atoms with Gasteiger partial charge in [0.25, 0.3) is 5.91 Å². The number of nitrogens with zero attached hydrogens (tertiary/aromatic N) is 4. The first-order valence-electron chi connectivity index (χ1n) is 5.48. The molecule has 0 fully saturated rings. The van der Waals surface area contributed by atoms with Crippen LogP contribution in [0.25, 0.3) is 0 Å². The summed E-state index contributed by atoms with van der Waals surface area (Å²) in [4.78, 5) is 23.4. The van der Waals surface area contributed by atoms with Gasteiger partial charge >= 0.3 is 5.97 Å².